The highest BCUT2D eigenvalue weighted by atomic mass is 15.0. The third-order valence-electron chi connectivity index (χ3n) is 3.98. The van der Waals surface area contributed by atoms with Gasteiger partial charge >= 0.3 is 0 Å². The molecule has 0 saturated heterocycles. The molecule has 1 N–H and O–H groups in total. The molecule has 1 saturated carbocycles. The Labute approximate surface area is 104 Å². The number of rotatable bonds is 4. The Kier molecular flexibility index (Phi) is 4.35. The summed E-state index contributed by atoms with van der Waals surface area (Å²) in [5, 5.41) is 3.44. The van der Waals surface area contributed by atoms with Crippen molar-refractivity contribution in [3.63, 3.8) is 0 Å². The number of hydrogen-bond acceptors (Lipinski definition) is 3. The monoisotopic (exact) mass is 233 g/mol. The van der Waals surface area contributed by atoms with Crippen molar-refractivity contribution in [1.82, 2.24) is 9.97 Å². The molecule has 0 amide bonds. The summed E-state index contributed by atoms with van der Waals surface area (Å²) in [4.78, 5) is 8.56. The highest BCUT2D eigenvalue weighted by Gasteiger charge is 2.19. The van der Waals surface area contributed by atoms with E-state index in [0.29, 0.717) is 0 Å². The molecule has 1 aliphatic rings. The van der Waals surface area contributed by atoms with Gasteiger partial charge in [-0.05, 0) is 31.6 Å². The van der Waals surface area contributed by atoms with E-state index in [0.717, 1.165) is 29.9 Å². The van der Waals surface area contributed by atoms with E-state index in [1.54, 1.807) is 12.4 Å². The summed E-state index contributed by atoms with van der Waals surface area (Å²) in [5.41, 5.74) is 0.995. The number of nitrogens with one attached hydrogen (secondary N) is 1. The summed E-state index contributed by atoms with van der Waals surface area (Å²) in [6.45, 7) is 5.37. The van der Waals surface area contributed by atoms with Crippen LogP contribution >= 0.6 is 0 Å². The molecule has 0 spiro atoms. The molecular formula is C14H23N3. The molecule has 1 aliphatic carbocycles. The van der Waals surface area contributed by atoms with Crippen molar-refractivity contribution < 1.29 is 0 Å². The minimum atomic E-state index is 0.819. The molecule has 17 heavy (non-hydrogen) atoms. The second-order valence-corrected chi connectivity index (χ2v) is 5.17. The van der Waals surface area contributed by atoms with Gasteiger partial charge in [-0.15, -0.1) is 0 Å². The van der Waals surface area contributed by atoms with Gasteiger partial charge in [0.05, 0.1) is 5.69 Å². The maximum atomic E-state index is 4.32. The lowest BCUT2D eigenvalue weighted by molar-refractivity contribution is 0.278. The molecular weight excluding hydrogens is 210 g/mol. The Balaban J connectivity index is 1.78. The Morgan fingerprint density at radius 2 is 1.76 bits per heavy atom. The van der Waals surface area contributed by atoms with Crippen molar-refractivity contribution in [1.29, 1.82) is 0 Å². The van der Waals surface area contributed by atoms with Crippen LogP contribution in [-0.2, 0) is 0 Å². The molecule has 0 atom stereocenters. The lowest BCUT2D eigenvalue weighted by Gasteiger charge is -2.28. The highest BCUT2D eigenvalue weighted by molar-refractivity contribution is 5.38. The maximum absolute atomic E-state index is 4.32. The zero-order valence-corrected chi connectivity index (χ0v) is 10.9. The normalized spacial score (nSPS) is 24.6. The zero-order chi connectivity index (χ0) is 12.1. The number of aryl methyl sites for hydroxylation is 1. The van der Waals surface area contributed by atoms with E-state index in [9.17, 15) is 0 Å². The molecule has 1 aromatic rings. The van der Waals surface area contributed by atoms with Gasteiger partial charge in [0.25, 0.3) is 0 Å². The molecule has 1 heterocycles. The van der Waals surface area contributed by atoms with Gasteiger partial charge in [-0.2, -0.15) is 0 Å². The van der Waals surface area contributed by atoms with Gasteiger partial charge in [0.1, 0.15) is 5.82 Å². The van der Waals surface area contributed by atoms with Crippen LogP contribution in [-0.4, -0.2) is 16.5 Å². The zero-order valence-electron chi connectivity index (χ0n) is 10.9. The predicted molar refractivity (Wildman–Crippen MR) is 71.0 cm³/mol. The van der Waals surface area contributed by atoms with E-state index in [-0.39, 0.29) is 0 Å². The molecule has 1 fully saturated rings. The fourth-order valence-corrected chi connectivity index (χ4v) is 2.67. The summed E-state index contributed by atoms with van der Waals surface area (Å²) < 4.78 is 0. The molecule has 1 aromatic heterocycles. The van der Waals surface area contributed by atoms with Crippen molar-refractivity contribution >= 4 is 5.82 Å². The second kappa shape index (κ2) is 5.99. The van der Waals surface area contributed by atoms with Crippen molar-refractivity contribution in [2.45, 2.75) is 46.0 Å². The van der Waals surface area contributed by atoms with E-state index in [1.807, 2.05) is 6.92 Å². The summed E-state index contributed by atoms with van der Waals surface area (Å²) in [5.74, 6) is 2.74. The van der Waals surface area contributed by atoms with Crippen LogP contribution in [0.5, 0.6) is 0 Å². The first kappa shape index (κ1) is 12.3. The number of nitrogens with zero attached hydrogens (tertiary/aromatic N) is 2. The molecule has 0 bridgehead atoms. The second-order valence-electron chi connectivity index (χ2n) is 5.17. The third kappa shape index (κ3) is 3.42. The minimum Gasteiger partial charge on any atom is -0.368 e. The molecule has 94 valence electrons. The maximum Gasteiger partial charge on any atom is 0.147 e. The Morgan fingerprint density at radius 1 is 1.12 bits per heavy atom. The van der Waals surface area contributed by atoms with Crippen LogP contribution in [0.1, 0.15) is 44.7 Å². The molecule has 3 heteroatoms. The van der Waals surface area contributed by atoms with Crippen LogP contribution < -0.4 is 5.32 Å². The fourth-order valence-electron chi connectivity index (χ4n) is 2.67. The van der Waals surface area contributed by atoms with Crippen LogP contribution in [0.2, 0.25) is 0 Å². The summed E-state index contributed by atoms with van der Waals surface area (Å²) in [6.07, 6.45) is 10.4. The standard InChI is InChI=1S/C14H23N3/c1-3-12-4-6-13(7-5-12)10-17-14-11(2)15-8-9-16-14/h8-9,12-13H,3-7,10H2,1-2H3,(H,16,17). The number of hydrogen-bond donors (Lipinski definition) is 1. The number of anilines is 1. The van der Waals surface area contributed by atoms with Gasteiger partial charge in [-0.25, -0.2) is 4.98 Å². The highest BCUT2D eigenvalue weighted by Crippen LogP contribution is 2.30. The van der Waals surface area contributed by atoms with Crippen molar-refractivity contribution in [3.8, 4) is 0 Å². The Bertz CT molecular complexity index is 343. The van der Waals surface area contributed by atoms with Gasteiger partial charge in [0, 0.05) is 18.9 Å². The first-order valence-corrected chi connectivity index (χ1v) is 6.81. The third-order valence-corrected chi connectivity index (χ3v) is 3.98. The summed E-state index contributed by atoms with van der Waals surface area (Å²) in [6, 6.07) is 0. The minimum absolute atomic E-state index is 0.819. The topological polar surface area (TPSA) is 37.8 Å². The van der Waals surface area contributed by atoms with E-state index >= 15 is 0 Å². The summed E-state index contributed by atoms with van der Waals surface area (Å²) in [7, 11) is 0. The molecule has 0 aliphatic heterocycles. The lowest BCUT2D eigenvalue weighted by Crippen LogP contribution is -2.21. The first-order valence-electron chi connectivity index (χ1n) is 6.81. The average Bonchev–Trinajstić information content (AvgIpc) is 2.38. The van der Waals surface area contributed by atoms with E-state index < -0.39 is 0 Å². The SMILES string of the molecule is CCC1CCC(CNc2nccnc2C)CC1. The van der Waals surface area contributed by atoms with E-state index in [4.69, 9.17) is 0 Å². The van der Waals surface area contributed by atoms with Crippen LogP contribution in [0.4, 0.5) is 5.82 Å². The molecule has 2 rings (SSSR count). The summed E-state index contributed by atoms with van der Waals surface area (Å²) >= 11 is 0. The molecule has 3 nitrogen and oxygen atoms in total. The van der Waals surface area contributed by atoms with Gasteiger partial charge in [0.2, 0.25) is 0 Å². The fraction of sp³-hybridized carbons (Fsp3) is 0.714. The van der Waals surface area contributed by atoms with Gasteiger partial charge < -0.3 is 5.32 Å². The van der Waals surface area contributed by atoms with Crippen molar-refractivity contribution in [2.24, 2.45) is 11.8 Å². The first-order chi connectivity index (χ1) is 8.29. The van der Waals surface area contributed by atoms with Crippen LogP contribution in [0.3, 0.4) is 0 Å². The van der Waals surface area contributed by atoms with Gasteiger partial charge in [-0.1, -0.05) is 26.2 Å². The molecule has 0 radical (unpaired) electrons. The average molecular weight is 233 g/mol. The quantitative estimate of drug-likeness (QED) is 0.866. The number of aromatic nitrogens is 2. The van der Waals surface area contributed by atoms with Crippen molar-refractivity contribution in [3.05, 3.63) is 18.1 Å². The van der Waals surface area contributed by atoms with Crippen LogP contribution in [0.15, 0.2) is 12.4 Å². The predicted octanol–water partition coefficient (Wildman–Crippen LogP) is 3.41. The molecule has 0 unspecified atom stereocenters. The Hall–Kier alpha value is -1.12. The molecule has 0 aromatic carbocycles. The van der Waals surface area contributed by atoms with Crippen LogP contribution in [0, 0.1) is 18.8 Å². The smallest absolute Gasteiger partial charge is 0.147 e. The Morgan fingerprint density at radius 3 is 2.41 bits per heavy atom. The van der Waals surface area contributed by atoms with Crippen molar-refractivity contribution in [2.75, 3.05) is 11.9 Å². The van der Waals surface area contributed by atoms with Gasteiger partial charge in [0.15, 0.2) is 0 Å². The largest absolute Gasteiger partial charge is 0.368 e. The van der Waals surface area contributed by atoms with Gasteiger partial charge in [-0.3, -0.25) is 4.98 Å². The van der Waals surface area contributed by atoms with Crippen LogP contribution in [0.25, 0.3) is 0 Å². The van der Waals surface area contributed by atoms with E-state index in [1.165, 1.54) is 32.1 Å². The van der Waals surface area contributed by atoms with E-state index in [2.05, 4.69) is 22.2 Å². The lowest BCUT2D eigenvalue weighted by atomic mass is 9.81.